The fourth-order valence-corrected chi connectivity index (χ4v) is 4.34. The number of carbonyl (C=O) groups is 1. The number of hydrogen-bond acceptors (Lipinski definition) is 5. The molecule has 4 rings (SSSR count). The van der Waals surface area contributed by atoms with Crippen LogP contribution in [0.2, 0.25) is 0 Å². The summed E-state index contributed by atoms with van der Waals surface area (Å²) in [5, 5.41) is 3.35. The summed E-state index contributed by atoms with van der Waals surface area (Å²) in [5.74, 6) is -0.449. The van der Waals surface area contributed by atoms with Gasteiger partial charge in [0.2, 0.25) is 5.91 Å². The molecule has 3 aromatic rings. The van der Waals surface area contributed by atoms with E-state index >= 15 is 0 Å². The molecule has 0 bridgehead atoms. The lowest BCUT2D eigenvalue weighted by atomic mass is 10.1. The van der Waals surface area contributed by atoms with Crippen LogP contribution in [-0.2, 0) is 11.0 Å². The van der Waals surface area contributed by atoms with Gasteiger partial charge < -0.3 is 10.2 Å². The van der Waals surface area contributed by atoms with Gasteiger partial charge in [0.15, 0.2) is 5.13 Å². The predicted octanol–water partition coefficient (Wildman–Crippen LogP) is 4.08. The summed E-state index contributed by atoms with van der Waals surface area (Å²) in [6, 6.07) is 13.0. The number of thiazole rings is 1. The van der Waals surface area contributed by atoms with Crippen molar-refractivity contribution in [2.45, 2.75) is 6.18 Å². The fraction of sp³-hybridized carbons (Fsp3) is 0.300. The van der Waals surface area contributed by atoms with Crippen LogP contribution in [0.15, 0.2) is 48.5 Å². The number of anilines is 2. The fourth-order valence-electron chi connectivity index (χ4n) is 3.32. The standard InChI is InChI=1S/C20H19F3N4OS/c21-20(22,23)14-5-1-2-6-15(14)24-18(28)13-26-9-11-27(12-10-26)19-25-16-7-3-4-8-17(16)29-19/h1-8H,9-13H2,(H,24,28). The third kappa shape index (κ3) is 4.51. The van der Waals surface area contributed by atoms with Crippen LogP contribution < -0.4 is 10.2 Å². The Morgan fingerprint density at radius 1 is 1.03 bits per heavy atom. The van der Waals surface area contributed by atoms with Gasteiger partial charge in [-0.15, -0.1) is 0 Å². The van der Waals surface area contributed by atoms with E-state index in [1.165, 1.54) is 18.2 Å². The highest BCUT2D eigenvalue weighted by Crippen LogP contribution is 2.34. The lowest BCUT2D eigenvalue weighted by Crippen LogP contribution is -2.48. The molecular weight excluding hydrogens is 401 g/mol. The number of aromatic nitrogens is 1. The number of piperazine rings is 1. The van der Waals surface area contributed by atoms with Crippen LogP contribution in [0.1, 0.15) is 5.56 Å². The maximum absolute atomic E-state index is 13.1. The highest BCUT2D eigenvalue weighted by atomic mass is 32.1. The number of para-hydroxylation sites is 2. The zero-order valence-electron chi connectivity index (χ0n) is 15.4. The quantitative estimate of drug-likeness (QED) is 0.691. The van der Waals surface area contributed by atoms with Crippen LogP contribution in [0.3, 0.4) is 0 Å². The number of nitrogens with one attached hydrogen (secondary N) is 1. The van der Waals surface area contributed by atoms with E-state index in [2.05, 4.69) is 15.2 Å². The first-order chi connectivity index (χ1) is 13.9. The van der Waals surface area contributed by atoms with Crippen molar-refractivity contribution in [1.29, 1.82) is 0 Å². The largest absolute Gasteiger partial charge is 0.418 e. The molecule has 0 atom stereocenters. The van der Waals surface area contributed by atoms with Crippen molar-refractivity contribution in [2.75, 3.05) is 42.9 Å². The van der Waals surface area contributed by atoms with Gasteiger partial charge in [-0.2, -0.15) is 13.2 Å². The second-order valence-electron chi connectivity index (χ2n) is 6.82. The van der Waals surface area contributed by atoms with Crippen molar-refractivity contribution in [3.63, 3.8) is 0 Å². The van der Waals surface area contributed by atoms with Gasteiger partial charge in [0, 0.05) is 26.2 Å². The van der Waals surface area contributed by atoms with Crippen LogP contribution in [0, 0.1) is 0 Å². The lowest BCUT2D eigenvalue weighted by molar-refractivity contribution is -0.137. The van der Waals surface area contributed by atoms with Crippen LogP contribution in [0.25, 0.3) is 10.2 Å². The molecule has 1 aromatic heterocycles. The third-order valence-electron chi connectivity index (χ3n) is 4.80. The molecule has 0 unspecified atom stereocenters. The second-order valence-corrected chi connectivity index (χ2v) is 7.83. The smallest absolute Gasteiger partial charge is 0.345 e. The van der Waals surface area contributed by atoms with Crippen LogP contribution in [0.4, 0.5) is 24.0 Å². The molecule has 2 heterocycles. The minimum absolute atomic E-state index is 0.0554. The van der Waals surface area contributed by atoms with E-state index < -0.39 is 17.6 Å². The number of carbonyl (C=O) groups excluding carboxylic acids is 1. The number of hydrogen-bond donors (Lipinski definition) is 1. The van der Waals surface area contributed by atoms with Gasteiger partial charge in [-0.25, -0.2) is 4.98 Å². The van der Waals surface area contributed by atoms with Crippen LogP contribution in [-0.4, -0.2) is 48.5 Å². The van der Waals surface area contributed by atoms with E-state index in [9.17, 15) is 18.0 Å². The van der Waals surface area contributed by atoms with Gasteiger partial charge in [0.05, 0.1) is 28.0 Å². The third-order valence-corrected chi connectivity index (χ3v) is 5.90. The molecule has 1 saturated heterocycles. The first-order valence-corrected chi connectivity index (χ1v) is 10.0. The Kier molecular flexibility index (Phi) is 5.42. The summed E-state index contributed by atoms with van der Waals surface area (Å²) < 4.78 is 40.3. The molecule has 2 aromatic carbocycles. The summed E-state index contributed by atoms with van der Waals surface area (Å²) in [5.41, 5.74) is -0.0789. The number of halogens is 3. The van der Waals surface area contributed by atoms with E-state index in [0.717, 1.165) is 21.4 Å². The minimum atomic E-state index is -4.51. The highest BCUT2D eigenvalue weighted by molar-refractivity contribution is 7.22. The molecule has 1 amide bonds. The zero-order chi connectivity index (χ0) is 20.4. The molecule has 0 saturated carbocycles. The summed E-state index contributed by atoms with van der Waals surface area (Å²) >= 11 is 1.64. The van der Waals surface area contributed by atoms with Gasteiger partial charge >= 0.3 is 6.18 Å². The average molecular weight is 420 g/mol. The van der Waals surface area contributed by atoms with E-state index in [1.54, 1.807) is 11.3 Å². The number of nitrogens with zero attached hydrogens (tertiary/aromatic N) is 3. The predicted molar refractivity (Wildman–Crippen MR) is 108 cm³/mol. The second kappa shape index (κ2) is 8.00. The monoisotopic (exact) mass is 420 g/mol. The van der Waals surface area contributed by atoms with Gasteiger partial charge in [-0.3, -0.25) is 9.69 Å². The van der Waals surface area contributed by atoms with Gasteiger partial charge in [-0.05, 0) is 24.3 Å². The molecule has 29 heavy (non-hydrogen) atoms. The Morgan fingerprint density at radius 3 is 2.45 bits per heavy atom. The van der Waals surface area contributed by atoms with Crippen molar-refractivity contribution in [2.24, 2.45) is 0 Å². The number of alkyl halides is 3. The SMILES string of the molecule is O=C(CN1CCN(c2nc3ccccc3s2)CC1)Nc1ccccc1C(F)(F)F. The molecule has 1 aliphatic rings. The van der Waals surface area contributed by atoms with Gasteiger partial charge in [-0.1, -0.05) is 35.6 Å². The maximum atomic E-state index is 13.1. The lowest BCUT2D eigenvalue weighted by Gasteiger charge is -2.34. The molecule has 0 radical (unpaired) electrons. The van der Waals surface area contributed by atoms with Crippen molar-refractivity contribution >= 4 is 38.3 Å². The topological polar surface area (TPSA) is 48.5 Å². The van der Waals surface area contributed by atoms with E-state index in [4.69, 9.17) is 0 Å². The molecular formula is C20H19F3N4OS. The Bertz CT molecular complexity index is 979. The number of amides is 1. The van der Waals surface area contributed by atoms with Crippen LogP contribution in [0.5, 0.6) is 0 Å². The average Bonchev–Trinajstić information content (AvgIpc) is 3.12. The first-order valence-electron chi connectivity index (χ1n) is 9.19. The molecule has 0 aliphatic carbocycles. The summed E-state index contributed by atoms with van der Waals surface area (Å²) in [6.45, 7) is 2.77. The number of fused-ring (bicyclic) bond motifs is 1. The Balaban J connectivity index is 1.33. The molecule has 1 aliphatic heterocycles. The van der Waals surface area contributed by atoms with E-state index in [1.807, 2.05) is 29.2 Å². The Morgan fingerprint density at radius 2 is 1.72 bits per heavy atom. The number of rotatable bonds is 4. The van der Waals surface area contributed by atoms with Crippen molar-refractivity contribution in [1.82, 2.24) is 9.88 Å². The summed E-state index contributed by atoms with van der Waals surface area (Å²) in [7, 11) is 0. The minimum Gasteiger partial charge on any atom is -0.345 e. The number of benzene rings is 2. The van der Waals surface area contributed by atoms with Gasteiger partial charge in [0.1, 0.15) is 0 Å². The van der Waals surface area contributed by atoms with Crippen molar-refractivity contribution in [3.05, 3.63) is 54.1 Å². The van der Waals surface area contributed by atoms with Crippen molar-refractivity contribution < 1.29 is 18.0 Å². The Hall–Kier alpha value is -2.65. The molecule has 1 fully saturated rings. The normalized spacial score (nSPS) is 15.6. The van der Waals surface area contributed by atoms with E-state index in [-0.39, 0.29) is 12.2 Å². The molecule has 5 nitrogen and oxygen atoms in total. The highest BCUT2D eigenvalue weighted by Gasteiger charge is 2.33. The molecule has 152 valence electrons. The van der Waals surface area contributed by atoms with Crippen molar-refractivity contribution in [3.8, 4) is 0 Å². The molecule has 0 spiro atoms. The Labute approximate surface area is 169 Å². The first kappa shape index (κ1) is 19.7. The van der Waals surface area contributed by atoms with Crippen LogP contribution >= 0.6 is 11.3 Å². The summed E-state index contributed by atoms with van der Waals surface area (Å²) in [6.07, 6.45) is -4.51. The maximum Gasteiger partial charge on any atom is 0.418 e. The zero-order valence-corrected chi connectivity index (χ0v) is 16.3. The molecule has 1 N–H and O–H groups in total. The molecule has 9 heteroatoms. The summed E-state index contributed by atoms with van der Waals surface area (Å²) in [4.78, 5) is 21.1. The van der Waals surface area contributed by atoms with Gasteiger partial charge in [0.25, 0.3) is 0 Å². The van der Waals surface area contributed by atoms with E-state index in [0.29, 0.717) is 26.2 Å².